The molecule has 0 atom stereocenters. The number of nitrogens with zero attached hydrogens (tertiary/aromatic N) is 4. The highest BCUT2D eigenvalue weighted by Gasteiger charge is 2.36. The van der Waals surface area contributed by atoms with E-state index < -0.39 is 5.41 Å². The van der Waals surface area contributed by atoms with Crippen molar-refractivity contribution in [1.82, 2.24) is 4.98 Å². The van der Waals surface area contributed by atoms with Crippen LogP contribution in [0.2, 0.25) is 0 Å². The zero-order chi connectivity index (χ0) is 15.4. The Hall–Kier alpha value is -2.85. The molecule has 0 unspecified atom stereocenters. The molecule has 3 rings (SSSR count). The third kappa shape index (κ3) is 2.52. The molecule has 2 heterocycles. The third-order valence-electron chi connectivity index (χ3n) is 4.36. The molecule has 4 heteroatoms. The van der Waals surface area contributed by atoms with E-state index in [0.717, 1.165) is 37.3 Å². The second-order valence-electron chi connectivity index (χ2n) is 5.56. The molecular weight excluding hydrogens is 272 g/mol. The summed E-state index contributed by atoms with van der Waals surface area (Å²) in [6.07, 6.45) is 3.20. The molecule has 0 aliphatic carbocycles. The summed E-state index contributed by atoms with van der Waals surface area (Å²) in [6.45, 7) is 1.54. The lowest BCUT2D eigenvalue weighted by atomic mass is 9.74. The van der Waals surface area contributed by atoms with Crippen LogP contribution in [-0.2, 0) is 5.41 Å². The molecule has 0 bridgehead atoms. The van der Waals surface area contributed by atoms with Crippen molar-refractivity contribution in [2.24, 2.45) is 0 Å². The second-order valence-corrected chi connectivity index (χ2v) is 5.56. The number of nitriles is 2. The Labute approximate surface area is 130 Å². The van der Waals surface area contributed by atoms with Gasteiger partial charge in [0, 0.05) is 19.3 Å². The first kappa shape index (κ1) is 14.1. The summed E-state index contributed by atoms with van der Waals surface area (Å²) in [5, 5.41) is 18.7. The average molecular weight is 288 g/mol. The monoisotopic (exact) mass is 288 g/mol. The topological polar surface area (TPSA) is 63.7 Å². The van der Waals surface area contributed by atoms with Gasteiger partial charge in [-0.2, -0.15) is 10.5 Å². The lowest BCUT2D eigenvalue weighted by molar-refractivity contribution is 0.414. The Morgan fingerprint density at radius 3 is 2.41 bits per heavy atom. The van der Waals surface area contributed by atoms with Crippen molar-refractivity contribution < 1.29 is 0 Å². The lowest BCUT2D eigenvalue weighted by Crippen LogP contribution is -2.42. The number of hydrogen-bond acceptors (Lipinski definition) is 4. The van der Waals surface area contributed by atoms with E-state index in [9.17, 15) is 5.26 Å². The highest BCUT2D eigenvalue weighted by molar-refractivity contribution is 5.46. The highest BCUT2D eigenvalue weighted by Crippen LogP contribution is 2.35. The summed E-state index contributed by atoms with van der Waals surface area (Å²) in [7, 11) is 0. The van der Waals surface area contributed by atoms with E-state index >= 15 is 0 Å². The first-order valence-electron chi connectivity index (χ1n) is 7.35. The number of pyridine rings is 1. The van der Waals surface area contributed by atoms with Gasteiger partial charge in [-0.3, -0.25) is 0 Å². The Balaban J connectivity index is 1.80. The number of anilines is 1. The first-order valence-corrected chi connectivity index (χ1v) is 7.35. The van der Waals surface area contributed by atoms with Gasteiger partial charge in [-0.05, 0) is 30.5 Å². The van der Waals surface area contributed by atoms with Crippen LogP contribution in [0, 0.1) is 22.7 Å². The van der Waals surface area contributed by atoms with Crippen molar-refractivity contribution in [3.63, 3.8) is 0 Å². The minimum absolute atomic E-state index is 0.412. The fraction of sp³-hybridized carbons (Fsp3) is 0.278. The summed E-state index contributed by atoms with van der Waals surface area (Å²) >= 11 is 0. The summed E-state index contributed by atoms with van der Waals surface area (Å²) in [4.78, 5) is 6.50. The van der Waals surface area contributed by atoms with Crippen molar-refractivity contribution in [3.05, 3.63) is 59.8 Å². The smallest absolute Gasteiger partial charge is 0.129 e. The maximum Gasteiger partial charge on any atom is 0.129 e. The fourth-order valence-electron chi connectivity index (χ4n) is 3.00. The largest absolute Gasteiger partial charge is 0.356 e. The lowest BCUT2D eigenvalue weighted by Gasteiger charge is -2.38. The molecule has 1 aromatic carbocycles. The molecule has 0 N–H and O–H groups in total. The molecule has 0 radical (unpaired) electrons. The van der Waals surface area contributed by atoms with Crippen LogP contribution in [0.15, 0.2) is 48.7 Å². The molecule has 1 aliphatic rings. The van der Waals surface area contributed by atoms with E-state index in [0.29, 0.717) is 5.56 Å². The van der Waals surface area contributed by atoms with Crippen LogP contribution >= 0.6 is 0 Å². The van der Waals surface area contributed by atoms with E-state index in [1.54, 1.807) is 12.3 Å². The average Bonchev–Trinajstić information content (AvgIpc) is 2.62. The van der Waals surface area contributed by atoms with Gasteiger partial charge in [0.05, 0.1) is 23.1 Å². The third-order valence-corrected chi connectivity index (χ3v) is 4.36. The van der Waals surface area contributed by atoms with Crippen molar-refractivity contribution >= 4 is 5.82 Å². The van der Waals surface area contributed by atoms with Crippen molar-refractivity contribution in [3.8, 4) is 12.1 Å². The minimum Gasteiger partial charge on any atom is -0.356 e. The van der Waals surface area contributed by atoms with Crippen LogP contribution < -0.4 is 4.90 Å². The predicted octanol–water partition coefficient (Wildman–Crippen LogP) is 3.02. The Kier molecular flexibility index (Phi) is 3.76. The SMILES string of the molecule is N#Cc1ccnc(N2CCC(C#N)(c3ccccc3)CC2)c1. The summed E-state index contributed by atoms with van der Waals surface area (Å²) in [6, 6.07) is 18.2. The van der Waals surface area contributed by atoms with Crippen LogP contribution in [-0.4, -0.2) is 18.1 Å². The molecule has 4 nitrogen and oxygen atoms in total. The number of piperidine rings is 1. The fourth-order valence-corrected chi connectivity index (χ4v) is 3.00. The van der Waals surface area contributed by atoms with Gasteiger partial charge in [0.15, 0.2) is 0 Å². The molecule has 1 saturated heterocycles. The summed E-state index contributed by atoms with van der Waals surface area (Å²) in [5.74, 6) is 0.818. The number of aromatic nitrogens is 1. The summed E-state index contributed by atoms with van der Waals surface area (Å²) < 4.78 is 0. The number of benzene rings is 1. The molecule has 1 fully saturated rings. The highest BCUT2D eigenvalue weighted by atomic mass is 15.2. The molecule has 22 heavy (non-hydrogen) atoms. The normalized spacial score (nSPS) is 16.5. The number of rotatable bonds is 2. The first-order chi connectivity index (χ1) is 10.8. The maximum absolute atomic E-state index is 9.71. The van der Waals surface area contributed by atoms with Gasteiger partial charge < -0.3 is 4.90 Å². The number of hydrogen-bond donors (Lipinski definition) is 0. The van der Waals surface area contributed by atoms with E-state index in [1.807, 2.05) is 36.4 Å². The van der Waals surface area contributed by atoms with Crippen LogP contribution in [0.25, 0.3) is 0 Å². The van der Waals surface area contributed by atoms with Crippen LogP contribution in [0.5, 0.6) is 0 Å². The molecule has 1 aromatic heterocycles. The summed E-state index contributed by atoms with van der Waals surface area (Å²) in [5.41, 5.74) is 1.30. The van der Waals surface area contributed by atoms with E-state index in [1.165, 1.54) is 0 Å². The second kappa shape index (κ2) is 5.87. The Morgan fingerprint density at radius 1 is 1.05 bits per heavy atom. The van der Waals surface area contributed by atoms with E-state index in [-0.39, 0.29) is 0 Å². The van der Waals surface area contributed by atoms with Crippen molar-refractivity contribution in [2.45, 2.75) is 18.3 Å². The van der Waals surface area contributed by atoms with Crippen LogP contribution in [0.3, 0.4) is 0 Å². The van der Waals surface area contributed by atoms with Gasteiger partial charge in [-0.25, -0.2) is 4.98 Å². The van der Waals surface area contributed by atoms with Gasteiger partial charge in [-0.15, -0.1) is 0 Å². The molecule has 0 saturated carbocycles. The molecule has 1 aliphatic heterocycles. The van der Waals surface area contributed by atoms with Crippen molar-refractivity contribution in [2.75, 3.05) is 18.0 Å². The van der Waals surface area contributed by atoms with Gasteiger partial charge in [0.2, 0.25) is 0 Å². The minimum atomic E-state index is -0.412. The zero-order valence-corrected chi connectivity index (χ0v) is 12.2. The Bertz CT molecular complexity index is 732. The van der Waals surface area contributed by atoms with Gasteiger partial charge in [-0.1, -0.05) is 30.3 Å². The van der Waals surface area contributed by atoms with Crippen molar-refractivity contribution in [1.29, 1.82) is 10.5 Å². The predicted molar refractivity (Wildman–Crippen MR) is 84.1 cm³/mol. The van der Waals surface area contributed by atoms with Crippen LogP contribution in [0.4, 0.5) is 5.82 Å². The van der Waals surface area contributed by atoms with Crippen LogP contribution in [0.1, 0.15) is 24.0 Å². The van der Waals surface area contributed by atoms with Gasteiger partial charge in [0.25, 0.3) is 0 Å². The van der Waals surface area contributed by atoms with Gasteiger partial charge >= 0.3 is 0 Å². The standard InChI is InChI=1S/C18H16N4/c19-13-15-6-9-21-17(12-15)22-10-7-18(14-20,8-11-22)16-4-2-1-3-5-16/h1-6,9,12H,7-8,10-11H2. The Morgan fingerprint density at radius 2 is 1.77 bits per heavy atom. The maximum atomic E-state index is 9.71. The quantitative estimate of drug-likeness (QED) is 0.852. The molecule has 2 aromatic rings. The van der Waals surface area contributed by atoms with E-state index in [4.69, 9.17) is 5.26 Å². The molecule has 0 amide bonds. The molecule has 0 spiro atoms. The molecular formula is C18H16N4. The molecule has 108 valence electrons. The van der Waals surface area contributed by atoms with Gasteiger partial charge in [0.1, 0.15) is 5.82 Å². The van der Waals surface area contributed by atoms with E-state index in [2.05, 4.69) is 22.0 Å². The zero-order valence-electron chi connectivity index (χ0n) is 12.2.